The van der Waals surface area contributed by atoms with Crippen molar-refractivity contribution in [2.45, 2.75) is 30.4 Å². The molecule has 0 aliphatic carbocycles. The summed E-state index contributed by atoms with van der Waals surface area (Å²) < 4.78 is 0. The molecular formula is C20H19ClN2OS2. The molecule has 1 amide bonds. The number of hydrogen-bond donors (Lipinski definition) is 1. The Kier molecular flexibility index (Phi) is 6.35. The van der Waals surface area contributed by atoms with Crippen LogP contribution in [0.15, 0.2) is 58.8 Å². The molecule has 0 saturated carbocycles. The summed E-state index contributed by atoms with van der Waals surface area (Å²) in [5.41, 5.74) is 2.80. The topological polar surface area (TPSA) is 42.0 Å². The smallest absolute Gasteiger partial charge is 0.230 e. The normalized spacial score (nSPS) is 10.9. The predicted octanol–water partition coefficient (Wildman–Crippen LogP) is 6.15. The van der Waals surface area contributed by atoms with Gasteiger partial charge in [-0.05, 0) is 29.8 Å². The Balaban J connectivity index is 1.59. The second-order valence-corrected chi connectivity index (χ2v) is 9.02. The third-order valence-corrected chi connectivity index (χ3v) is 5.58. The molecule has 3 nitrogen and oxygen atoms in total. The van der Waals surface area contributed by atoms with Crippen LogP contribution in [0.5, 0.6) is 0 Å². The molecule has 0 atom stereocenters. The molecule has 1 N–H and O–H groups in total. The molecule has 1 heterocycles. The van der Waals surface area contributed by atoms with Crippen LogP contribution in [0.2, 0.25) is 5.02 Å². The summed E-state index contributed by atoms with van der Waals surface area (Å²) in [5.74, 6) is -0.0636. The molecule has 3 aromatic rings. The zero-order valence-electron chi connectivity index (χ0n) is 14.5. The summed E-state index contributed by atoms with van der Waals surface area (Å²) in [4.78, 5) is 18.0. The zero-order chi connectivity index (χ0) is 18.5. The van der Waals surface area contributed by atoms with Crippen molar-refractivity contribution in [2.75, 3.05) is 5.32 Å². The number of carbonyl (C=O) groups is 1. The number of nitrogens with zero attached hydrogens (tertiary/aromatic N) is 1. The molecular weight excluding hydrogens is 384 g/mol. The van der Waals surface area contributed by atoms with Gasteiger partial charge in [-0.1, -0.05) is 49.7 Å². The number of anilines is 1. The highest BCUT2D eigenvalue weighted by atomic mass is 35.5. The van der Waals surface area contributed by atoms with E-state index >= 15 is 0 Å². The maximum atomic E-state index is 12.3. The Morgan fingerprint density at radius 1 is 1.15 bits per heavy atom. The van der Waals surface area contributed by atoms with Crippen LogP contribution in [0.4, 0.5) is 5.13 Å². The SMILES string of the molecule is CC(C)Sc1ccc(CC(=O)Nc2nc(-c3ccc(Cl)cc3)cs2)cc1. The van der Waals surface area contributed by atoms with Gasteiger partial charge in [0, 0.05) is 26.1 Å². The largest absolute Gasteiger partial charge is 0.302 e. The summed E-state index contributed by atoms with van der Waals surface area (Å²) in [7, 11) is 0. The van der Waals surface area contributed by atoms with Crippen molar-refractivity contribution in [3.8, 4) is 11.3 Å². The summed E-state index contributed by atoms with van der Waals surface area (Å²) in [6.45, 7) is 4.33. The zero-order valence-corrected chi connectivity index (χ0v) is 16.9. The van der Waals surface area contributed by atoms with Crippen LogP contribution in [0.25, 0.3) is 11.3 Å². The number of benzene rings is 2. The lowest BCUT2D eigenvalue weighted by Gasteiger charge is -2.06. The molecule has 6 heteroatoms. The van der Waals surface area contributed by atoms with Crippen molar-refractivity contribution in [1.29, 1.82) is 0 Å². The number of carbonyl (C=O) groups excluding carboxylic acids is 1. The fraction of sp³-hybridized carbons (Fsp3) is 0.200. The van der Waals surface area contributed by atoms with Crippen LogP contribution >= 0.6 is 34.7 Å². The highest BCUT2D eigenvalue weighted by molar-refractivity contribution is 7.99. The monoisotopic (exact) mass is 402 g/mol. The number of amides is 1. The van der Waals surface area contributed by atoms with Crippen LogP contribution in [0.3, 0.4) is 0 Å². The van der Waals surface area contributed by atoms with Crippen molar-refractivity contribution in [3.63, 3.8) is 0 Å². The molecule has 0 fully saturated rings. The molecule has 0 aliphatic heterocycles. The molecule has 134 valence electrons. The number of thiazole rings is 1. The number of thioether (sulfide) groups is 1. The van der Waals surface area contributed by atoms with Gasteiger partial charge in [-0.25, -0.2) is 4.98 Å². The Bertz CT molecular complexity index is 874. The van der Waals surface area contributed by atoms with E-state index in [0.717, 1.165) is 16.8 Å². The first-order valence-corrected chi connectivity index (χ1v) is 10.4. The Labute approximate surface area is 166 Å². The minimum absolute atomic E-state index is 0.0636. The van der Waals surface area contributed by atoms with E-state index in [1.807, 2.05) is 53.5 Å². The number of rotatable bonds is 6. The molecule has 26 heavy (non-hydrogen) atoms. The molecule has 0 saturated heterocycles. The maximum Gasteiger partial charge on any atom is 0.230 e. The van der Waals surface area contributed by atoms with Crippen LogP contribution in [-0.4, -0.2) is 16.1 Å². The highest BCUT2D eigenvalue weighted by Gasteiger charge is 2.09. The molecule has 0 spiro atoms. The van der Waals surface area contributed by atoms with E-state index in [2.05, 4.69) is 36.3 Å². The standard InChI is InChI=1S/C20H19ClN2OS2/c1-13(2)26-17-9-3-14(4-10-17)11-19(24)23-20-22-18(12-25-20)15-5-7-16(21)8-6-15/h3-10,12-13H,11H2,1-2H3,(H,22,23,24). The number of halogens is 1. The average Bonchev–Trinajstić information content (AvgIpc) is 3.05. The van der Waals surface area contributed by atoms with Crippen LogP contribution in [-0.2, 0) is 11.2 Å². The predicted molar refractivity (Wildman–Crippen MR) is 112 cm³/mol. The minimum Gasteiger partial charge on any atom is -0.302 e. The van der Waals surface area contributed by atoms with Gasteiger partial charge in [0.05, 0.1) is 12.1 Å². The first-order valence-electron chi connectivity index (χ1n) is 8.26. The Hall–Kier alpha value is -1.82. The fourth-order valence-electron chi connectivity index (χ4n) is 2.39. The minimum atomic E-state index is -0.0636. The van der Waals surface area contributed by atoms with Gasteiger partial charge in [0.1, 0.15) is 0 Å². The van der Waals surface area contributed by atoms with E-state index in [4.69, 9.17) is 11.6 Å². The summed E-state index contributed by atoms with van der Waals surface area (Å²) >= 11 is 9.14. The van der Waals surface area contributed by atoms with Crippen LogP contribution in [0.1, 0.15) is 19.4 Å². The van der Waals surface area contributed by atoms with Gasteiger partial charge in [-0.15, -0.1) is 23.1 Å². The third kappa shape index (κ3) is 5.34. The van der Waals surface area contributed by atoms with Gasteiger partial charge in [0.15, 0.2) is 5.13 Å². The lowest BCUT2D eigenvalue weighted by Crippen LogP contribution is -2.14. The summed E-state index contributed by atoms with van der Waals surface area (Å²) in [5, 5.41) is 6.64. The lowest BCUT2D eigenvalue weighted by atomic mass is 10.1. The van der Waals surface area contributed by atoms with Crippen molar-refractivity contribution in [2.24, 2.45) is 0 Å². The summed E-state index contributed by atoms with van der Waals surface area (Å²) in [6.07, 6.45) is 0.336. The van der Waals surface area contributed by atoms with Crippen molar-refractivity contribution in [1.82, 2.24) is 4.98 Å². The van der Waals surface area contributed by atoms with Gasteiger partial charge >= 0.3 is 0 Å². The maximum absolute atomic E-state index is 12.3. The second kappa shape index (κ2) is 8.71. The number of hydrogen-bond acceptors (Lipinski definition) is 4. The Morgan fingerprint density at radius 2 is 1.85 bits per heavy atom. The van der Waals surface area contributed by atoms with E-state index in [1.165, 1.54) is 16.2 Å². The first-order chi connectivity index (χ1) is 12.5. The first kappa shape index (κ1) is 19.0. The van der Waals surface area contributed by atoms with Gasteiger partial charge in [0.25, 0.3) is 0 Å². The highest BCUT2D eigenvalue weighted by Crippen LogP contribution is 2.26. The van der Waals surface area contributed by atoms with Crippen LogP contribution in [0, 0.1) is 0 Å². The van der Waals surface area contributed by atoms with Crippen molar-refractivity contribution < 1.29 is 4.79 Å². The fourth-order valence-corrected chi connectivity index (χ4v) is 4.09. The van der Waals surface area contributed by atoms with Crippen molar-refractivity contribution in [3.05, 3.63) is 64.5 Å². The molecule has 0 aliphatic rings. The van der Waals surface area contributed by atoms with E-state index in [1.54, 1.807) is 0 Å². The second-order valence-electron chi connectivity index (χ2n) is 6.08. The van der Waals surface area contributed by atoms with E-state index < -0.39 is 0 Å². The molecule has 2 aromatic carbocycles. The van der Waals surface area contributed by atoms with Gasteiger partial charge < -0.3 is 5.32 Å². The van der Waals surface area contributed by atoms with Crippen LogP contribution < -0.4 is 5.32 Å². The average molecular weight is 403 g/mol. The van der Waals surface area contributed by atoms with E-state index in [-0.39, 0.29) is 5.91 Å². The molecule has 0 unspecified atom stereocenters. The van der Waals surface area contributed by atoms with Gasteiger partial charge in [-0.3, -0.25) is 4.79 Å². The Morgan fingerprint density at radius 3 is 2.50 bits per heavy atom. The van der Waals surface area contributed by atoms with E-state index in [9.17, 15) is 4.79 Å². The molecule has 0 bridgehead atoms. The molecule has 1 aromatic heterocycles. The number of aromatic nitrogens is 1. The summed E-state index contributed by atoms with van der Waals surface area (Å²) in [6, 6.07) is 15.6. The molecule has 3 rings (SSSR count). The quantitative estimate of drug-likeness (QED) is 0.503. The third-order valence-electron chi connectivity index (χ3n) is 3.55. The van der Waals surface area contributed by atoms with E-state index in [0.29, 0.717) is 21.8 Å². The van der Waals surface area contributed by atoms with Gasteiger partial charge in [-0.2, -0.15) is 0 Å². The lowest BCUT2D eigenvalue weighted by molar-refractivity contribution is -0.115. The van der Waals surface area contributed by atoms with Crippen molar-refractivity contribution >= 4 is 45.7 Å². The molecule has 0 radical (unpaired) electrons. The number of nitrogens with one attached hydrogen (secondary N) is 1. The van der Waals surface area contributed by atoms with Gasteiger partial charge in [0.2, 0.25) is 5.91 Å².